The number of benzene rings is 7. The first-order valence-corrected chi connectivity index (χ1v) is 12.0. The molecule has 0 spiro atoms. The van der Waals surface area contributed by atoms with Crippen LogP contribution in [-0.4, -0.2) is 7.85 Å². The van der Waals surface area contributed by atoms with E-state index in [9.17, 15) is 0 Å². The molecule has 0 amide bonds. The Kier molecular flexibility index (Phi) is 4.50. The van der Waals surface area contributed by atoms with Crippen molar-refractivity contribution in [3.8, 4) is 33.4 Å². The number of hydrogen-bond donors (Lipinski definition) is 0. The Morgan fingerprint density at radius 3 is 1.11 bits per heavy atom. The topological polar surface area (TPSA) is 0 Å². The predicted molar refractivity (Wildman–Crippen MR) is 152 cm³/mol. The normalized spacial score (nSPS) is 11.5. The summed E-state index contributed by atoms with van der Waals surface area (Å²) in [5.74, 6) is 0. The highest BCUT2D eigenvalue weighted by atomic mass is 14.2. The third-order valence-electron chi connectivity index (χ3n) is 7.19. The molecule has 0 aromatic heterocycles. The first-order valence-electron chi connectivity index (χ1n) is 12.0. The average molecular weight is 440 g/mol. The average Bonchev–Trinajstić information content (AvgIpc) is 2.93. The molecule has 0 atom stereocenters. The molecule has 0 aliphatic rings. The van der Waals surface area contributed by atoms with Gasteiger partial charge in [0.2, 0.25) is 0 Å². The summed E-state index contributed by atoms with van der Waals surface area (Å²) in [7, 11) is 6.70. The Morgan fingerprint density at radius 1 is 0.343 bits per heavy atom. The van der Waals surface area contributed by atoms with Crippen molar-refractivity contribution in [3.05, 3.63) is 127 Å². The lowest BCUT2D eigenvalue weighted by Gasteiger charge is -2.20. The molecule has 7 aromatic carbocycles. The van der Waals surface area contributed by atoms with Crippen LogP contribution in [0.5, 0.6) is 0 Å². The lowest BCUT2D eigenvalue weighted by atomic mass is 9.79. The molecule has 0 bridgehead atoms. The summed E-state index contributed by atoms with van der Waals surface area (Å²) < 4.78 is 0. The lowest BCUT2D eigenvalue weighted by molar-refractivity contribution is 1.63. The SMILES string of the molecule is [B]c1cc(-c2ccccc2)c2ccc3c(-c4ccccc4)cc(-c4ccccc4)c4ccc1c2c43. The molecule has 1 heteroatoms. The highest BCUT2D eigenvalue weighted by molar-refractivity contribution is 6.44. The molecular weight excluding hydrogens is 419 g/mol. The zero-order valence-corrected chi connectivity index (χ0v) is 19.2. The second-order valence-electron chi connectivity index (χ2n) is 9.15. The Morgan fingerprint density at radius 2 is 0.686 bits per heavy atom. The van der Waals surface area contributed by atoms with Crippen molar-refractivity contribution in [1.82, 2.24) is 0 Å². The first kappa shape index (κ1) is 20.1. The molecule has 0 fully saturated rings. The summed E-state index contributed by atoms with van der Waals surface area (Å²) in [4.78, 5) is 0. The van der Waals surface area contributed by atoms with Crippen LogP contribution in [-0.2, 0) is 0 Å². The van der Waals surface area contributed by atoms with E-state index < -0.39 is 0 Å². The Hall–Kier alpha value is -4.36. The summed E-state index contributed by atoms with van der Waals surface area (Å²) in [6.45, 7) is 0. The van der Waals surface area contributed by atoms with E-state index in [4.69, 9.17) is 7.85 Å². The van der Waals surface area contributed by atoms with Crippen molar-refractivity contribution in [2.75, 3.05) is 0 Å². The van der Waals surface area contributed by atoms with Gasteiger partial charge in [0.25, 0.3) is 0 Å². The molecule has 35 heavy (non-hydrogen) atoms. The van der Waals surface area contributed by atoms with Gasteiger partial charge in [-0.05, 0) is 71.8 Å². The molecule has 0 unspecified atom stereocenters. The monoisotopic (exact) mass is 440 g/mol. The van der Waals surface area contributed by atoms with Gasteiger partial charge in [0, 0.05) is 0 Å². The fraction of sp³-hybridized carbons (Fsp3) is 0. The van der Waals surface area contributed by atoms with E-state index in [-0.39, 0.29) is 0 Å². The van der Waals surface area contributed by atoms with Crippen LogP contribution < -0.4 is 5.46 Å². The van der Waals surface area contributed by atoms with E-state index >= 15 is 0 Å². The summed E-state index contributed by atoms with van der Waals surface area (Å²) in [5, 5.41) is 7.39. The summed E-state index contributed by atoms with van der Waals surface area (Å²) in [6, 6.07) is 45.5. The van der Waals surface area contributed by atoms with Gasteiger partial charge in [-0.15, -0.1) is 0 Å². The van der Waals surface area contributed by atoms with Crippen LogP contribution in [0.3, 0.4) is 0 Å². The van der Waals surface area contributed by atoms with Crippen LogP contribution >= 0.6 is 0 Å². The third kappa shape index (κ3) is 3.09. The Labute approximate surface area is 206 Å². The summed E-state index contributed by atoms with van der Waals surface area (Å²) >= 11 is 0. The van der Waals surface area contributed by atoms with E-state index in [1.54, 1.807) is 0 Å². The van der Waals surface area contributed by atoms with Gasteiger partial charge < -0.3 is 0 Å². The summed E-state index contributed by atoms with van der Waals surface area (Å²) in [5.41, 5.74) is 8.11. The van der Waals surface area contributed by atoms with E-state index in [0.717, 1.165) is 10.8 Å². The fourth-order valence-corrected chi connectivity index (χ4v) is 5.59. The van der Waals surface area contributed by atoms with Gasteiger partial charge in [-0.25, -0.2) is 0 Å². The second-order valence-corrected chi connectivity index (χ2v) is 9.15. The van der Waals surface area contributed by atoms with Gasteiger partial charge in [0.1, 0.15) is 7.85 Å². The molecule has 7 aromatic rings. The van der Waals surface area contributed by atoms with Crippen molar-refractivity contribution < 1.29 is 0 Å². The zero-order chi connectivity index (χ0) is 23.4. The largest absolute Gasteiger partial charge is 0.114 e. The molecule has 0 nitrogen and oxygen atoms in total. The predicted octanol–water partition coefficient (Wildman–Crippen LogP) is 8.38. The number of rotatable bonds is 3. The molecule has 2 radical (unpaired) electrons. The molecular formula is C34H21B. The molecule has 0 heterocycles. The first-order chi connectivity index (χ1) is 17.3. The van der Waals surface area contributed by atoms with Crippen LogP contribution in [0.1, 0.15) is 0 Å². The van der Waals surface area contributed by atoms with Crippen LogP contribution in [0, 0.1) is 0 Å². The minimum absolute atomic E-state index is 0.817. The van der Waals surface area contributed by atoms with Gasteiger partial charge in [0.05, 0.1) is 0 Å². The molecule has 0 aliphatic carbocycles. The quantitative estimate of drug-likeness (QED) is 0.191. The van der Waals surface area contributed by atoms with Crippen LogP contribution in [0.25, 0.3) is 65.7 Å². The standard InChI is InChI=1S/C34H21B/c35-32-21-31(24-14-8-3-9-15-24)27-17-16-25-29(22-10-4-1-5-11-22)20-30(23-12-6-2-7-13-23)26-18-19-28(32)34(27)33(25)26/h1-21H. The Balaban J connectivity index is 1.70. The van der Waals surface area contributed by atoms with Crippen LogP contribution in [0.2, 0.25) is 0 Å². The minimum atomic E-state index is 0.817. The maximum Gasteiger partial charge on any atom is 0.114 e. The van der Waals surface area contributed by atoms with Gasteiger partial charge >= 0.3 is 0 Å². The smallest absolute Gasteiger partial charge is 0.0883 e. The summed E-state index contributed by atoms with van der Waals surface area (Å²) in [6.07, 6.45) is 0. The highest BCUT2D eigenvalue weighted by Crippen LogP contribution is 2.45. The van der Waals surface area contributed by atoms with Crippen molar-refractivity contribution in [2.45, 2.75) is 0 Å². The zero-order valence-electron chi connectivity index (χ0n) is 19.2. The van der Waals surface area contributed by atoms with E-state index in [0.29, 0.717) is 0 Å². The third-order valence-corrected chi connectivity index (χ3v) is 7.19. The van der Waals surface area contributed by atoms with Gasteiger partial charge in [-0.3, -0.25) is 0 Å². The maximum absolute atomic E-state index is 6.70. The molecule has 0 aliphatic heterocycles. The highest BCUT2D eigenvalue weighted by Gasteiger charge is 2.19. The van der Waals surface area contributed by atoms with E-state index in [1.165, 1.54) is 60.3 Å². The second kappa shape index (κ2) is 7.86. The van der Waals surface area contributed by atoms with E-state index in [2.05, 4.69) is 127 Å². The van der Waals surface area contributed by atoms with Gasteiger partial charge in [0.15, 0.2) is 0 Å². The van der Waals surface area contributed by atoms with Crippen molar-refractivity contribution in [1.29, 1.82) is 0 Å². The van der Waals surface area contributed by atoms with Crippen molar-refractivity contribution in [3.63, 3.8) is 0 Å². The molecule has 0 N–H and O–H groups in total. The lowest BCUT2D eigenvalue weighted by Crippen LogP contribution is -2.06. The minimum Gasteiger partial charge on any atom is -0.0883 e. The molecule has 160 valence electrons. The maximum atomic E-state index is 6.70. The van der Waals surface area contributed by atoms with Crippen molar-refractivity contribution >= 4 is 45.6 Å². The fourth-order valence-electron chi connectivity index (χ4n) is 5.59. The van der Waals surface area contributed by atoms with Gasteiger partial charge in [-0.2, -0.15) is 0 Å². The van der Waals surface area contributed by atoms with Gasteiger partial charge in [-0.1, -0.05) is 127 Å². The Bertz CT molecular complexity index is 1760. The van der Waals surface area contributed by atoms with Crippen LogP contribution in [0.4, 0.5) is 0 Å². The van der Waals surface area contributed by atoms with E-state index in [1.807, 2.05) is 0 Å². The van der Waals surface area contributed by atoms with Crippen LogP contribution in [0.15, 0.2) is 127 Å². The molecule has 7 rings (SSSR count). The van der Waals surface area contributed by atoms with Crippen molar-refractivity contribution in [2.24, 2.45) is 0 Å². The number of hydrogen-bond acceptors (Lipinski definition) is 0. The molecule has 0 saturated carbocycles. The molecule has 0 saturated heterocycles.